The van der Waals surface area contributed by atoms with Crippen LogP contribution in [0.2, 0.25) is 0 Å². The third-order valence-electron chi connectivity index (χ3n) is 12.9. The van der Waals surface area contributed by atoms with Crippen molar-refractivity contribution in [1.29, 1.82) is 0 Å². The maximum atomic E-state index is 6.91. The first-order valence-corrected chi connectivity index (χ1v) is 21.5. The Morgan fingerprint density at radius 2 is 0.635 bits per heavy atom. The van der Waals surface area contributed by atoms with E-state index in [0.717, 1.165) is 93.3 Å². The van der Waals surface area contributed by atoms with E-state index >= 15 is 0 Å². The minimum absolute atomic E-state index is 0.850. The number of para-hydroxylation sites is 2. The van der Waals surface area contributed by atoms with Crippen molar-refractivity contribution in [1.82, 2.24) is 0 Å². The molecule has 0 aliphatic rings. The third-order valence-corrected chi connectivity index (χ3v) is 12.9. The molecule has 0 bridgehead atoms. The Morgan fingerprint density at radius 3 is 1.30 bits per heavy atom. The van der Waals surface area contributed by atoms with Crippen LogP contribution in [-0.4, -0.2) is 0 Å². The average Bonchev–Trinajstić information content (AvgIpc) is 3.92. The van der Waals surface area contributed by atoms with Gasteiger partial charge in [-0.25, -0.2) is 0 Å². The van der Waals surface area contributed by atoms with Gasteiger partial charge < -0.3 is 13.7 Å². The molecular formula is C60H37NO2. The molecule has 0 spiro atoms. The maximum absolute atomic E-state index is 6.91. The number of rotatable bonds is 4. The Balaban J connectivity index is 1.17. The third kappa shape index (κ3) is 5.60. The van der Waals surface area contributed by atoms with Gasteiger partial charge in [-0.2, -0.15) is 0 Å². The second-order valence-corrected chi connectivity index (χ2v) is 16.4. The molecule has 0 saturated heterocycles. The normalized spacial score (nSPS) is 11.8. The minimum Gasteiger partial charge on any atom is -0.456 e. The molecule has 11 aromatic carbocycles. The molecule has 0 radical (unpaired) electrons. The van der Waals surface area contributed by atoms with Crippen molar-refractivity contribution >= 4 is 115 Å². The minimum atomic E-state index is 0.850. The number of fused-ring (bicyclic) bond motifs is 17. The number of anilines is 3. The van der Waals surface area contributed by atoms with Gasteiger partial charge in [-0.3, -0.25) is 0 Å². The van der Waals surface area contributed by atoms with Crippen LogP contribution in [0, 0.1) is 0 Å². The molecule has 2 heterocycles. The number of hydrogen-bond donors (Lipinski definition) is 0. The lowest BCUT2D eigenvalue weighted by Gasteiger charge is -2.26. The van der Waals surface area contributed by atoms with Crippen molar-refractivity contribution < 1.29 is 8.83 Å². The zero-order chi connectivity index (χ0) is 41.4. The first-order valence-electron chi connectivity index (χ1n) is 21.5. The van der Waals surface area contributed by atoms with Gasteiger partial charge in [0.25, 0.3) is 0 Å². The number of nitrogens with zero attached hydrogens (tertiary/aromatic N) is 1. The lowest BCUT2D eigenvalue weighted by atomic mass is 9.93. The van der Waals surface area contributed by atoms with Crippen LogP contribution in [0.3, 0.4) is 0 Å². The van der Waals surface area contributed by atoms with E-state index < -0.39 is 0 Å². The Morgan fingerprint density at radius 1 is 0.238 bits per heavy atom. The van der Waals surface area contributed by atoms with Crippen molar-refractivity contribution in [2.24, 2.45) is 0 Å². The van der Waals surface area contributed by atoms with Crippen LogP contribution in [0.15, 0.2) is 233 Å². The summed E-state index contributed by atoms with van der Waals surface area (Å²) in [5, 5.41) is 15.9. The van der Waals surface area contributed by atoms with Gasteiger partial charge in [0, 0.05) is 50.1 Å². The summed E-state index contributed by atoms with van der Waals surface area (Å²) in [6.07, 6.45) is 0. The fourth-order valence-electron chi connectivity index (χ4n) is 9.99. The first kappa shape index (κ1) is 35.4. The number of furan rings is 2. The van der Waals surface area contributed by atoms with Crippen LogP contribution in [0.5, 0.6) is 0 Å². The molecule has 0 saturated carbocycles. The van der Waals surface area contributed by atoms with Crippen LogP contribution < -0.4 is 4.90 Å². The van der Waals surface area contributed by atoms with Gasteiger partial charge in [0.05, 0.1) is 0 Å². The average molecular weight is 804 g/mol. The van der Waals surface area contributed by atoms with Crippen LogP contribution in [-0.2, 0) is 0 Å². The molecule has 0 aliphatic carbocycles. The highest BCUT2D eigenvalue weighted by atomic mass is 16.3. The highest BCUT2D eigenvalue weighted by Gasteiger charge is 2.19. The molecule has 0 unspecified atom stereocenters. The van der Waals surface area contributed by atoms with Crippen LogP contribution >= 0.6 is 0 Å². The quantitative estimate of drug-likeness (QED) is 0.177. The van der Waals surface area contributed by atoms with Gasteiger partial charge in [0.2, 0.25) is 0 Å². The maximum Gasteiger partial charge on any atom is 0.143 e. The lowest BCUT2D eigenvalue weighted by Crippen LogP contribution is -2.09. The highest BCUT2D eigenvalue weighted by molar-refractivity contribution is 6.31. The summed E-state index contributed by atoms with van der Waals surface area (Å²) in [5.41, 5.74) is 8.93. The van der Waals surface area contributed by atoms with E-state index in [4.69, 9.17) is 8.83 Å². The Labute approximate surface area is 362 Å². The van der Waals surface area contributed by atoms with Gasteiger partial charge in [0.15, 0.2) is 0 Å². The summed E-state index contributed by atoms with van der Waals surface area (Å²) in [6, 6.07) is 80.7. The molecule has 3 nitrogen and oxygen atoms in total. The second kappa shape index (κ2) is 14.1. The van der Waals surface area contributed by atoms with E-state index in [0.29, 0.717) is 0 Å². The van der Waals surface area contributed by atoms with Gasteiger partial charge in [-0.15, -0.1) is 0 Å². The number of benzene rings is 10. The predicted molar refractivity (Wildman–Crippen MR) is 266 cm³/mol. The second-order valence-electron chi connectivity index (χ2n) is 16.4. The van der Waals surface area contributed by atoms with Gasteiger partial charge in [0.1, 0.15) is 22.3 Å². The van der Waals surface area contributed by atoms with Crippen molar-refractivity contribution in [3.8, 4) is 11.1 Å². The largest absolute Gasteiger partial charge is 0.456 e. The summed E-state index contributed by atoms with van der Waals surface area (Å²) in [7, 11) is 0. The van der Waals surface area contributed by atoms with Crippen molar-refractivity contribution in [2.45, 2.75) is 0 Å². The molecule has 0 aliphatic heterocycles. The fraction of sp³-hybridized carbons (Fsp3) is 0. The molecule has 0 N–H and O–H groups in total. The summed E-state index contributed by atoms with van der Waals surface area (Å²) in [5.74, 6) is 0. The Bertz CT molecular complexity index is 4030. The van der Waals surface area contributed by atoms with Crippen molar-refractivity contribution in [3.63, 3.8) is 0 Å². The molecule has 13 rings (SSSR count). The van der Waals surface area contributed by atoms with Gasteiger partial charge in [-0.05, 0) is 114 Å². The molecular weight excluding hydrogens is 767 g/mol. The summed E-state index contributed by atoms with van der Waals surface area (Å²) >= 11 is 0. The number of hydrogen-bond acceptors (Lipinski definition) is 3. The summed E-state index contributed by atoms with van der Waals surface area (Å²) < 4.78 is 13.4. The predicted octanol–water partition coefficient (Wildman–Crippen LogP) is 17.5. The van der Waals surface area contributed by atoms with Gasteiger partial charge in [-0.1, -0.05) is 164 Å². The molecule has 2 aromatic heterocycles. The molecule has 294 valence electrons. The van der Waals surface area contributed by atoms with E-state index in [-0.39, 0.29) is 0 Å². The lowest BCUT2D eigenvalue weighted by molar-refractivity contribution is 0.669. The summed E-state index contributed by atoms with van der Waals surface area (Å²) in [4.78, 5) is 2.36. The topological polar surface area (TPSA) is 29.5 Å². The van der Waals surface area contributed by atoms with Crippen molar-refractivity contribution in [3.05, 3.63) is 224 Å². The van der Waals surface area contributed by atoms with Crippen LogP contribution in [0.25, 0.3) is 109 Å². The molecule has 3 heteroatoms. The van der Waals surface area contributed by atoms with Crippen LogP contribution in [0.4, 0.5) is 17.1 Å². The molecule has 63 heavy (non-hydrogen) atoms. The van der Waals surface area contributed by atoms with E-state index in [1.165, 1.54) is 32.7 Å². The molecule has 13 aromatic rings. The smallest absolute Gasteiger partial charge is 0.143 e. The molecule has 0 atom stereocenters. The molecule has 0 amide bonds. The summed E-state index contributed by atoms with van der Waals surface area (Å²) in [6.45, 7) is 0. The van der Waals surface area contributed by atoms with E-state index in [2.05, 4.69) is 217 Å². The highest BCUT2D eigenvalue weighted by Crippen LogP contribution is 2.44. The van der Waals surface area contributed by atoms with E-state index in [1.807, 2.05) is 12.1 Å². The van der Waals surface area contributed by atoms with E-state index in [9.17, 15) is 0 Å². The van der Waals surface area contributed by atoms with Crippen molar-refractivity contribution in [2.75, 3.05) is 4.90 Å². The zero-order valence-electron chi connectivity index (χ0n) is 34.1. The zero-order valence-corrected chi connectivity index (χ0v) is 34.1. The Hall–Kier alpha value is -8.40. The molecule has 0 fully saturated rings. The van der Waals surface area contributed by atoms with Crippen LogP contribution in [0.1, 0.15) is 0 Å². The van der Waals surface area contributed by atoms with Gasteiger partial charge >= 0.3 is 0 Å². The monoisotopic (exact) mass is 803 g/mol. The fourth-order valence-corrected chi connectivity index (χ4v) is 9.99. The van der Waals surface area contributed by atoms with E-state index in [1.54, 1.807) is 0 Å². The SMILES string of the molecule is c1ccc(-c2ccc(N(c3ccc4c(c3)oc3ccccc34)c3ccc4c(c3)c3ccccc3c3ccccc3c3ccccc3c3c4ccc4c5ccccc5oc43)cc2)cc1. The Kier molecular flexibility index (Phi) is 7.91. The first-order chi connectivity index (χ1) is 31.2. The standard InChI is InChI=1S/C60H37NO2/c1-2-14-38(15-3-1)39-26-28-40(29-27-39)61(42-31-33-51-49-21-10-12-24-56(49)62-58(51)37-42)41-30-32-48-53-34-35-54-50-22-11-13-25-57(50)63-60(54)59(53)52-23-9-8-19-46(52)44-17-5-4-16-43(44)45-18-6-7-20-47(45)55(48)36-41/h1-37H.